The summed E-state index contributed by atoms with van der Waals surface area (Å²) in [5, 5.41) is 0. The van der Waals surface area contributed by atoms with Crippen LogP contribution in [0.5, 0.6) is 0 Å². The maximum absolute atomic E-state index is 2.28. The molecule has 0 aliphatic carbocycles. The third kappa shape index (κ3) is 12.1. The van der Waals surface area contributed by atoms with Crippen molar-refractivity contribution in [3.8, 4) is 0 Å². The smallest absolute Gasteiger partial charge is 1.00 e. The van der Waals surface area contributed by atoms with Gasteiger partial charge in [0.2, 0.25) is 0 Å². The van der Waals surface area contributed by atoms with E-state index in [-0.39, 0.29) is 25.9 Å². The van der Waals surface area contributed by atoms with Gasteiger partial charge in [0, 0.05) is 0 Å². The Labute approximate surface area is 78.5 Å². The van der Waals surface area contributed by atoms with Gasteiger partial charge in [-0.3, -0.25) is 0 Å². The summed E-state index contributed by atoms with van der Waals surface area (Å²) >= 11 is 0. The molecule has 0 spiro atoms. The van der Waals surface area contributed by atoms with E-state index in [2.05, 4.69) is 34.6 Å². The Morgan fingerprint density at radius 3 is 1.56 bits per heavy atom. The first-order valence-corrected chi connectivity index (χ1v) is 3.42. The fourth-order valence-corrected chi connectivity index (χ4v) is 1.22. The molecule has 0 aromatic carbocycles. The van der Waals surface area contributed by atoms with Crippen LogP contribution in [0, 0.1) is 11.3 Å². The molecule has 0 fully saturated rings. The van der Waals surface area contributed by atoms with Gasteiger partial charge in [-0.25, -0.2) is 0 Å². The van der Waals surface area contributed by atoms with E-state index in [0.29, 0.717) is 5.41 Å². The second-order valence-corrected chi connectivity index (χ2v) is 4.16. The summed E-state index contributed by atoms with van der Waals surface area (Å²) in [5.41, 5.74) is 0.522. The van der Waals surface area contributed by atoms with E-state index in [1.807, 2.05) is 0 Å². The summed E-state index contributed by atoms with van der Waals surface area (Å²) in [5.74, 6) is 0.843. The summed E-state index contributed by atoms with van der Waals surface area (Å²) in [7, 11) is 0. The fourth-order valence-electron chi connectivity index (χ4n) is 1.22. The third-order valence-corrected chi connectivity index (χ3v) is 1.02. The maximum Gasteiger partial charge on any atom is 2.00 e. The topological polar surface area (TPSA) is 0 Å². The first kappa shape index (κ1) is 12.4. The Balaban J connectivity index is -0.0000000817. The summed E-state index contributed by atoms with van der Waals surface area (Å²) in [6, 6.07) is 0. The second kappa shape index (κ2) is 4.56. The molecule has 9 heavy (non-hydrogen) atoms. The van der Waals surface area contributed by atoms with Crippen LogP contribution in [0.4, 0.5) is 0 Å². The molecule has 54 valence electrons. The maximum atomic E-state index is 2.28. The molecule has 0 N–H and O–H groups in total. The number of rotatable bonds is 1. The third-order valence-electron chi connectivity index (χ3n) is 1.02. The van der Waals surface area contributed by atoms with Crippen LogP contribution in [-0.4, -0.2) is 23.1 Å². The van der Waals surface area contributed by atoms with Gasteiger partial charge in [-0.2, -0.15) is 0 Å². The van der Waals surface area contributed by atoms with Crippen LogP contribution in [-0.2, 0) is 0 Å². The van der Waals surface area contributed by atoms with Crippen molar-refractivity contribution in [3.63, 3.8) is 0 Å². The molecule has 0 bridgehead atoms. The van der Waals surface area contributed by atoms with Crippen LogP contribution in [0.15, 0.2) is 0 Å². The van der Waals surface area contributed by atoms with Gasteiger partial charge < -0.3 is 2.85 Å². The summed E-state index contributed by atoms with van der Waals surface area (Å²) in [6.45, 7) is 11.4. The van der Waals surface area contributed by atoms with Crippen molar-refractivity contribution in [2.75, 3.05) is 0 Å². The molecular weight excluding hydrogens is 120 g/mol. The van der Waals surface area contributed by atoms with Gasteiger partial charge in [-0.05, 0) is 17.8 Å². The van der Waals surface area contributed by atoms with Gasteiger partial charge in [0.15, 0.2) is 0 Å². The van der Waals surface area contributed by atoms with Gasteiger partial charge in [0.05, 0.1) is 0 Å². The molecule has 0 heterocycles. The van der Waals surface area contributed by atoms with E-state index in [0.717, 1.165) is 5.92 Å². The number of hydrogen-bond donors (Lipinski definition) is 0. The van der Waals surface area contributed by atoms with Gasteiger partial charge in [-0.15, -0.1) is 0 Å². The van der Waals surface area contributed by atoms with E-state index in [1.165, 1.54) is 6.42 Å². The van der Waals surface area contributed by atoms with Crippen LogP contribution < -0.4 is 0 Å². The normalized spacial score (nSPS) is 11.3. The van der Waals surface area contributed by atoms with Crippen molar-refractivity contribution in [2.24, 2.45) is 11.3 Å². The van der Waals surface area contributed by atoms with Gasteiger partial charge in [0.25, 0.3) is 0 Å². The minimum atomic E-state index is 0. The Kier molecular flexibility index (Phi) is 6.31. The Bertz CT molecular complexity index is 67.0. The molecule has 0 radical (unpaired) electrons. The van der Waals surface area contributed by atoms with Crippen molar-refractivity contribution in [2.45, 2.75) is 41.0 Å². The molecule has 0 nitrogen and oxygen atoms in total. The molecule has 0 rings (SSSR count). The first-order chi connectivity index (χ1) is 3.42. The number of hydrogen-bond acceptors (Lipinski definition) is 0. The molecule has 0 atom stereocenters. The summed E-state index contributed by atoms with van der Waals surface area (Å²) in [4.78, 5) is 0. The van der Waals surface area contributed by atoms with E-state index >= 15 is 0 Å². The molecule has 0 aromatic heterocycles. The molecule has 1 heteroatoms. The van der Waals surface area contributed by atoms with Crippen molar-refractivity contribution >= 4 is 23.1 Å². The van der Waals surface area contributed by atoms with Crippen LogP contribution in [0.25, 0.3) is 0 Å². The quantitative estimate of drug-likeness (QED) is 0.492. The van der Waals surface area contributed by atoms with Crippen molar-refractivity contribution in [1.82, 2.24) is 0 Å². The second-order valence-electron chi connectivity index (χ2n) is 4.16. The van der Waals surface area contributed by atoms with Crippen molar-refractivity contribution in [1.29, 1.82) is 0 Å². The fraction of sp³-hybridized carbons (Fsp3) is 1.00. The molecule has 0 aliphatic heterocycles. The van der Waals surface area contributed by atoms with Crippen molar-refractivity contribution < 1.29 is 2.85 Å². The Morgan fingerprint density at radius 1 is 1.22 bits per heavy atom. The Morgan fingerprint density at radius 2 is 1.56 bits per heavy atom. The molecule has 0 aromatic rings. The standard InChI is InChI=1S/C8H18.Mg.2H/c1-7(2)6-8(3,4)5;;;/h7H,6H2,1-5H3;;;/q;+2;2*-1. The SMILES string of the molecule is CC(C)CC(C)(C)C.[H-].[H-].[Mg+2]. The van der Waals surface area contributed by atoms with E-state index in [1.54, 1.807) is 0 Å². The largest absolute Gasteiger partial charge is 2.00 e. The monoisotopic (exact) mass is 140 g/mol. The zero-order valence-corrected chi connectivity index (χ0v) is 8.91. The molecule has 0 saturated heterocycles. The van der Waals surface area contributed by atoms with Crippen LogP contribution in [0.1, 0.15) is 43.9 Å². The van der Waals surface area contributed by atoms with Crippen LogP contribution in [0.3, 0.4) is 0 Å². The van der Waals surface area contributed by atoms with E-state index in [4.69, 9.17) is 0 Å². The predicted molar refractivity (Wildman–Crippen MR) is 46.9 cm³/mol. The Hall–Kier alpha value is 0.766. The molecule has 0 unspecified atom stereocenters. The summed E-state index contributed by atoms with van der Waals surface area (Å²) in [6.07, 6.45) is 1.33. The predicted octanol–water partition coefficient (Wildman–Crippen LogP) is 2.92. The average molecular weight is 141 g/mol. The first-order valence-electron chi connectivity index (χ1n) is 3.42. The van der Waals surface area contributed by atoms with Gasteiger partial charge in [-0.1, -0.05) is 34.6 Å². The van der Waals surface area contributed by atoms with Crippen LogP contribution in [0.2, 0.25) is 0 Å². The van der Waals surface area contributed by atoms with Gasteiger partial charge >= 0.3 is 23.1 Å². The molecule has 0 amide bonds. The zero-order valence-electron chi connectivity index (χ0n) is 9.49. The zero-order chi connectivity index (χ0) is 6.78. The minimum absolute atomic E-state index is 0. The molecule has 0 aliphatic rings. The van der Waals surface area contributed by atoms with E-state index < -0.39 is 0 Å². The molecular formula is C8H20Mg. The average Bonchev–Trinajstić information content (AvgIpc) is 1.21. The minimum Gasteiger partial charge on any atom is -1.00 e. The van der Waals surface area contributed by atoms with Gasteiger partial charge in [0.1, 0.15) is 0 Å². The molecule has 0 saturated carbocycles. The van der Waals surface area contributed by atoms with Crippen LogP contribution >= 0.6 is 0 Å². The van der Waals surface area contributed by atoms with E-state index in [9.17, 15) is 0 Å². The summed E-state index contributed by atoms with van der Waals surface area (Å²) < 4.78 is 0. The van der Waals surface area contributed by atoms with Crippen molar-refractivity contribution in [3.05, 3.63) is 0 Å².